The topological polar surface area (TPSA) is 68.3 Å². The minimum absolute atomic E-state index is 0.0545. The number of hydrogen-bond donors (Lipinski definition) is 2. The fraction of sp³-hybridized carbons (Fsp3) is 0.615. The largest absolute Gasteiger partial charge is 0.467 e. The van der Waals surface area contributed by atoms with E-state index in [-0.39, 0.29) is 11.9 Å². The third kappa shape index (κ3) is 2.69. The van der Waals surface area contributed by atoms with Crippen molar-refractivity contribution < 1.29 is 9.21 Å². The Bertz CT molecular complexity index is 367. The molecule has 3 N–H and O–H groups in total. The Labute approximate surface area is 102 Å². The smallest absolute Gasteiger partial charge is 0.240 e. The minimum Gasteiger partial charge on any atom is -0.467 e. The van der Waals surface area contributed by atoms with Crippen molar-refractivity contribution in [3.8, 4) is 0 Å². The van der Waals surface area contributed by atoms with Crippen LogP contribution in [0.1, 0.15) is 50.8 Å². The lowest BCUT2D eigenvalue weighted by atomic mass is 9.82. The molecule has 4 nitrogen and oxygen atoms in total. The van der Waals surface area contributed by atoms with E-state index in [1.807, 2.05) is 19.1 Å². The molecule has 1 fully saturated rings. The van der Waals surface area contributed by atoms with Crippen molar-refractivity contribution in [2.24, 2.45) is 5.73 Å². The molecule has 0 radical (unpaired) electrons. The van der Waals surface area contributed by atoms with Crippen LogP contribution in [0.25, 0.3) is 0 Å². The molecule has 1 amide bonds. The van der Waals surface area contributed by atoms with Crippen molar-refractivity contribution in [1.82, 2.24) is 5.32 Å². The Kier molecular flexibility index (Phi) is 3.52. The SMILES string of the molecule is CC(NC(=O)C1(N)CCCCC1)c1ccco1. The Morgan fingerprint density at radius 1 is 1.47 bits per heavy atom. The zero-order valence-corrected chi connectivity index (χ0v) is 10.2. The summed E-state index contributed by atoms with van der Waals surface area (Å²) in [4.78, 5) is 12.1. The number of carbonyl (C=O) groups excluding carboxylic acids is 1. The molecule has 0 aromatic carbocycles. The van der Waals surface area contributed by atoms with E-state index in [9.17, 15) is 4.79 Å². The summed E-state index contributed by atoms with van der Waals surface area (Å²) in [7, 11) is 0. The standard InChI is InChI=1S/C13H20N2O2/c1-10(11-6-5-9-17-11)15-12(16)13(14)7-3-2-4-8-13/h5-6,9-10H,2-4,7-8,14H2,1H3,(H,15,16). The fourth-order valence-electron chi connectivity index (χ4n) is 2.36. The Balaban J connectivity index is 1.96. The number of furan rings is 1. The minimum atomic E-state index is -0.681. The van der Waals surface area contributed by atoms with Crippen molar-refractivity contribution in [3.63, 3.8) is 0 Å². The predicted octanol–water partition coefficient (Wildman–Crippen LogP) is 2.12. The Morgan fingerprint density at radius 3 is 2.76 bits per heavy atom. The summed E-state index contributed by atoms with van der Waals surface area (Å²) in [6, 6.07) is 3.55. The molecule has 1 aliphatic carbocycles. The van der Waals surface area contributed by atoms with Crippen molar-refractivity contribution in [2.45, 2.75) is 50.6 Å². The third-order valence-electron chi connectivity index (χ3n) is 3.52. The highest BCUT2D eigenvalue weighted by atomic mass is 16.3. The molecule has 1 aliphatic rings. The van der Waals surface area contributed by atoms with Gasteiger partial charge in [-0.2, -0.15) is 0 Å². The zero-order valence-electron chi connectivity index (χ0n) is 10.2. The van der Waals surface area contributed by atoms with E-state index >= 15 is 0 Å². The first-order chi connectivity index (χ1) is 8.12. The maximum atomic E-state index is 12.1. The fourth-order valence-corrected chi connectivity index (χ4v) is 2.36. The number of rotatable bonds is 3. The van der Waals surface area contributed by atoms with Crippen LogP contribution in [0.3, 0.4) is 0 Å². The van der Waals surface area contributed by atoms with Crippen LogP contribution in [-0.4, -0.2) is 11.4 Å². The predicted molar refractivity (Wildman–Crippen MR) is 65.3 cm³/mol. The molecule has 17 heavy (non-hydrogen) atoms. The lowest BCUT2D eigenvalue weighted by molar-refractivity contribution is -0.128. The quantitative estimate of drug-likeness (QED) is 0.844. The second kappa shape index (κ2) is 4.92. The van der Waals surface area contributed by atoms with Gasteiger partial charge in [-0.15, -0.1) is 0 Å². The molecule has 0 saturated heterocycles. The zero-order chi connectivity index (χ0) is 12.3. The molecule has 1 unspecified atom stereocenters. The summed E-state index contributed by atoms with van der Waals surface area (Å²) in [5, 5.41) is 2.93. The van der Waals surface area contributed by atoms with Gasteiger partial charge in [0, 0.05) is 0 Å². The summed E-state index contributed by atoms with van der Waals surface area (Å²) in [5.74, 6) is 0.707. The monoisotopic (exact) mass is 236 g/mol. The van der Waals surface area contributed by atoms with Crippen LogP contribution in [-0.2, 0) is 4.79 Å². The molecule has 1 heterocycles. The van der Waals surface area contributed by atoms with Crippen molar-refractivity contribution in [1.29, 1.82) is 0 Å². The molecular formula is C13H20N2O2. The lowest BCUT2D eigenvalue weighted by Crippen LogP contribution is -2.55. The molecule has 94 valence electrons. The highest BCUT2D eigenvalue weighted by Gasteiger charge is 2.36. The van der Waals surface area contributed by atoms with Gasteiger partial charge in [-0.3, -0.25) is 4.79 Å². The van der Waals surface area contributed by atoms with Crippen molar-refractivity contribution in [2.75, 3.05) is 0 Å². The number of nitrogens with two attached hydrogens (primary N) is 1. The van der Waals surface area contributed by atoms with Crippen LogP contribution in [0.5, 0.6) is 0 Å². The van der Waals surface area contributed by atoms with E-state index in [1.54, 1.807) is 6.26 Å². The second-order valence-electron chi connectivity index (χ2n) is 4.93. The first-order valence-electron chi connectivity index (χ1n) is 6.25. The van der Waals surface area contributed by atoms with Crippen LogP contribution in [0.15, 0.2) is 22.8 Å². The van der Waals surface area contributed by atoms with Crippen molar-refractivity contribution in [3.05, 3.63) is 24.2 Å². The molecule has 0 bridgehead atoms. The van der Waals surface area contributed by atoms with Gasteiger partial charge in [0.25, 0.3) is 0 Å². The van der Waals surface area contributed by atoms with Crippen LogP contribution < -0.4 is 11.1 Å². The first-order valence-corrected chi connectivity index (χ1v) is 6.25. The van der Waals surface area contributed by atoms with Gasteiger partial charge in [-0.1, -0.05) is 19.3 Å². The number of hydrogen-bond acceptors (Lipinski definition) is 3. The van der Waals surface area contributed by atoms with Gasteiger partial charge in [-0.25, -0.2) is 0 Å². The average Bonchev–Trinajstić information content (AvgIpc) is 2.83. The molecule has 0 spiro atoms. The molecular weight excluding hydrogens is 216 g/mol. The molecule has 4 heteroatoms. The number of carbonyl (C=O) groups is 1. The summed E-state index contributed by atoms with van der Waals surface area (Å²) < 4.78 is 5.26. The highest BCUT2D eigenvalue weighted by molar-refractivity contribution is 5.86. The highest BCUT2D eigenvalue weighted by Crippen LogP contribution is 2.27. The average molecular weight is 236 g/mol. The first kappa shape index (κ1) is 12.2. The van der Waals surface area contributed by atoms with Gasteiger partial charge in [0.05, 0.1) is 17.8 Å². The number of nitrogens with one attached hydrogen (secondary N) is 1. The molecule has 1 aromatic heterocycles. The van der Waals surface area contributed by atoms with Crippen LogP contribution in [0.2, 0.25) is 0 Å². The van der Waals surface area contributed by atoms with E-state index in [1.165, 1.54) is 6.42 Å². The normalized spacial score (nSPS) is 20.8. The lowest BCUT2D eigenvalue weighted by Gasteiger charge is -2.32. The molecule has 1 aromatic rings. The van der Waals surface area contributed by atoms with E-state index in [0.717, 1.165) is 31.4 Å². The molecule has 2 rings (SSSR count). The van der Waals surface area contributed by atoms with E-state index in [4.69, 9.17) is 10.2 Å². The summed E-state index contributed by atoms with van der Waals surface area (Å²) in [6.07, 6.45) is 6.43. The van der Waals surface area contributed by atoms with Gasteiger partial charge >= 0.3 is 0 Å². The van der Waals surface area contributed by atoms with Gasteiger partial charge in [0.1, 0.15) is 5.76 Å². The van der Waals surface area contributed by atoms with E-state index < -0.39 is 5.54 Å². The number of amides is 1. The summed E-state index contributed by atoms with van der Waals surface area (Å²) >= 11 is 0. The Morgan fingerprint density at radius 2 is 2.18 bits per heavy atom. The molecule has 0 aliphatic heterocycles. The Hall–Kier alpha value is -1.29. The summed E-state index contributed by atoms with van der Waals surface area (Å²) in [6.45, 7) is 1.91. The van der Waals surface area contributed by atoms with Crippen molar-refractivity contribution >= 4 is 5.91 Å². The maximum Gasteiger partial charge on any atom is 0.240 e. The second-order valence-corrected chi connectivity index (χ2v) is 4.93. The van der Waals surface area contributed by atoms with Crippen LogP contribution in [0.4, 0.5) is 0 Å². The van der Waals surface area contributed by atoms with Crippen LogP contribution >= 0.6 is 0 Å². The van der Waals surface area contributed by atoms with E-state index in [2.05, 4.69) is 5.32 Å². The van der Waals surface area contributed by atoms with E-state index in [0.29, 0.717) is 0 Å². The summed E-state index contributed by atoms with van der Waals surface area (Å²) in [5.41, 5.74) is 5.48. The van der Waals surface area contributed by atoms with Gasteiger partial charge in [0.15, 0.2) is 0 Å². The van der Waals surface area contributed by atoms with Gasteiger partial charge in [0.2, 0.25) is 5.91 Å². The molecule has 1 saturated carbocycles. The van der Waals surface area contributed by atoms with Gasteiger partial charge in [-0.05, 0) is 31.9 Å². The maximum absolute atomic E-state index is 12.1. The van der Waals surface area contributed by atoms with Crippen LogP contribution in [0, 0.1) is 0 Å². The molecule has 1 atom stereocenters. The van der Waals surface area contributed by atoms with Gasteiger partial charge < -0.3 is 15.5 Å². The third-order valence-corrected chi connectivity index (χ3v) is 3.52.